The molecule has 1 N–H and O–H groups in total. The molecule has 2 aromatic rings. The minimum Gasteiger partial charge on any atom is -0.370 e. The van der Waals surface area contributed by atoms with Crippen LogP contribution in [0, 0.1) is 0 Å². The number of benzene rings is 2. The van der Waals surface area contributed by atoms with Crippen LogP contribution < -0.4 is 9.62 Å². The number of hydrogen-bond donors (Lipinski definition) is 1. The summed E-state index contributed by atoms with van der Waals surface area (Å²) in [6, 6.07) is 13.3. The average molecular weight is 356 g/mol. The summed E-state index contributed by atoms with van der Waals surface area (Å²) in [4.78, 5) is 2.64. The number of rotatable bonds is 4. The molecule has 1 saturated heterocycles. The summed E-state index contributed by atoms with van der Waals surface area (Å²) in [7, 11) is -3.57. The second kappa shape index (κ2) is 6.71. The van der Waals surface area contributed by atoms with E-state index in [4.69, 9.17) is 0 Å². The highest BCUT2D eigenvalue weighted by molar-refractivity contribution is 7.92. The van der Waals surface area contributed by atoms with Gasteiger partial charge in [0.1, 0.15) is 0 Å². The highest BCUT2D eigenvalue weighted by Crippen LogP contribution is 2.31. The molecule has 0 unspecified atom stereocenters. The summed E-state index contributed by atoms with van der Waals surface area (Å²) in [5.41, 5.74) is 4.11. The highest BCUT2D eigenvalue weighted by Gasteiger charge is 2.21. The van der Waals surface area contributed by atoms with Gasteiger partial charge >= 0.3 is 0 Å². The van der Waals surface area contributed by atoms with Gasteiger partial charge in [-0.25, -0.2) is 8.42 Å². The second-order valence-electron chi connectivity index (χ2n) is 6.95. The fraction of sp³-hybridized carbons (Fsp3) is 0.400. The van der Waals surface area contributed by atoms with Crippen molar-refractivity contribution in [1.82, 2.24) is 0 Å². The number of nitrogens with one attached hydrogen (secondary N) is 1. The Morgan fingerprint density at radius 1 is 0.840 bits per heavy atom. The standard InChI is InChI=1S/C20H24N2O2S/c23-25(24,18-12-11-16-7-6-8-17(16)15-18)21-19-9-2-3-10-20(19)22-13-4-1-5-14-22/h2-3,9-12,15,21H,1,4-8,13-14H2. The van der Waals surface area contributed by atoms with E-state index in [0.717, 1.165) is 50.9 Å². The molecular formula is C20H24N2O2S. The van der Waals surface area contributed by atoms with Crippen LogP contribution in [0.4, 0.5) is 11.4 Å². The predicted molar refractivity (Wildman–Crippen MR) is 102 cm³/mol. The molecule has 1 aliphatic carbocycles. The first-order chi connectivity index (χ1) is 12.1. The molecule has 0 atom stereocenters. The van der Waals surface area contributed by atoms with Gasteiger partial charge < -0.3 is 4.90 Å². The first-order valence-electron chi connectivity index (χ1n) is 9.12. The Labute approximate surface area is 149 Å². The molecule has 4 rings (SSSR count). The van der Waals surface area contributed by atoms with E-state index in [1.165, 1.54) is 17.5 Å². The van der Waals surface area contributed by atoms with Crippen LogP contribution >= 0.6 is 0 Å². The quantitative estimate of drug-likeness (QED) is 0.902. The maximum atomic E-state index is 12.9. The van der Waals surface area contributed by atoms with Gasteiger partial charge in [-0.15, -0.1) is 0 Å². The summed E-state index contributed by atoms with van der Waals surface area (Å²) in [5, 5.41) is 0. The molecule has 0 saturated carbocycles. The molecule has 4 nitrogen and oxygen atoms in total. The smallest absolute Gasteiger partial charge is 0.261 e. The zero-order valence-electron chi connectivity index (χ0n) is 14.4. The Kier molecular flexibility index (Phi) is 4.42. The Morgan fingerprint density at radius 3 is 2.44 bits per heavy atom. The van der Waals surface area contributed by atoms with Crippen molar-refractivity contribution in [3.8, 4) is 0 Å². The molecule has 2 aromatic carbocycles. The molecule has 25 heavy (non-hydrogen) atoms. The first kappa shape index (κ1) is 16.5. The van der Waals surface area contributed by atoms with Crippen LogP contribution in [0.2, 0.25) is 0 Å². The molecule has 132 valence electrons. The fourth-order valence-corrected chi connectivity index (χ4v) is 5.01. The minimum absolute atomic E-state index is 0.363. The highest BCUT2D eigenvalue weighted by atomic mass is 32.2. The van der Waals surface area contributed by atoms with Gasteiger partial charge in [0, 0.05) is 13.1 Å². The summed E-state index contributed by atoms with van der Waals surface area (Å²) in [6.07, 6.45) is 6.71. The van der Waals surface area contributed by atoms with E-state index in [2.05, 4.69) is 9.62 Å². The maximum Gasteiger partial charge on any atom is 0.261 e. The van der Waals surface area contributed by atoms with Crippen LogP contribution in [0.25, 0.3) is 0 Å². The first-order valence-corrected chi connectivity index (χ1v) is 10.6. The van der Waals surface area contributed by atoms with Crippen LogP contribution in [-0.4, -0.2) is 21.5 Å². The third-order valence-corrected chi connectivity index (χ3v) is 6.59. The number of hydrogen-bond acceptors (Lipinski definition) is 3. The average Bonchev–Trinajstić information content (AvgIpc) is 3.10. The lowest BCUT2D eigenvalue weighted by molar-refractivity contribution is 0.578. The maximum absolute atomic E-state index is 12.9. The Balaban J connectivity index is 1.63. The van der Waals surface area contributed by atoms with Gasteiger partial charge in [-0.2, -0.15) is 0 Å². The van der Waals surface area contributed by atoms with Crippen LogP contribution in [-0.2, 0) is 22.9 Å². The zero-order chi connectivity index (χ0) is 17.3. The molecule has 1 aliphatic heterocycles. The van der Waals surface area contributed by atoms with Crippen molar-refractivity contribution in [2.45, 2.75) is 43.4 Å². The van der Waals surface area contributed by atoms with Crippen molar-refractivity contribution < 1.29 is 8.42 Å². The van der Waals surface area contributed by atoms with Crippen LogP contribution in [0.3, 0.4) is 0 Å². The predicted octanol–water partition coefficient (Wildman–Crippen LogP) is 3.97. The van der Waals surface area contributed by atoms with Crippen LogP contribution in [0.1, 0.15) is 36.8 Å². The van der Waals surface area contributed by atoms with Crippen molar-refractivity contribution in [1.29, 1.82) is 0 Å². The summed E-state index contributed by atoms with van der Waals surface area (Å²) >= 11 is 0. The van der Waals surface area contributed by atoms with Gasteiger partial charge in [0.05, 0.1) is 16.3 Å². The third-order valence-electron chi connectivity index (χ3n) is 5.23. The number of piperidine rings is 1. The number of aryl methyl sites for hydroxylation is 2. The van der Waals surface area contributed by atoms with Gasteiger partial charge in [0.25, 0.3) is 10.0 Å². The zero-order valence-corrected chi connectivity index (χ0v) is 15.2. The number of anilines is 2. The monoisotopic (exact) mass is 356 g/mol. The summed E-state index contributed by atoms with van der Waals surface area (Å²) < 4.78 is 28.6. The Hall–Kier alpha value is -2.01. The van der Waals surface area contributed by atoms with E-state index >= 15 is 0 Å². The summed E-state index contributed by atoms with van der Waals surface area (Å²) in [6.45, 7) is 1.97. The van der Waals surface area contributed by atoms with Crippen molar-refractivity contribution in [3.05, 3.63) is 53.6 Å². The third kappa shape index (κ3) is 3.38. The molecule has 2 aliphatic rings. The molecule has 0 radical (unpaired) electrons. The molecule has 0 bridgehead atoms. The van der Waals surface area contributed by atoms with Gasteiger partial charge in [-0.1, -0.05) is 18.2 Å². The van der Waals surface area contributed by atoms with E-state index in [0.29, 0.717) is 10.6 Å². The summed E-state index contributed by atoms with van der Waals surface area (Å²) in [5.74, 6) is 0. The molecular weight excluding hydrogens is 332 g/mol. The van der Waals surface area contributed by atoms with E-state index in [9.17, 15) is 8.42 Å². The molecule has 5 heteroatoms. The van der Waals surface area contributed by atoms with Crippen LogP contribution in [0.15, 0.2) is 47.4 Å². The van der Waals surface area contributed by atoms with E-state index in [1.807, 2.05) is 36.4 Å². The number of fused-ring (bicyclic) bond motifs is 1. The topological polar surface area (TPSA) is 49.4 Å². The number of nitrogens with zero attached hydrogens (tertiary/aromatic N) is 1. The molecule has 1 heterocycles. The number of para-hydroxylation sites is 2. The minimum atomic E-state index is -3.57. The fourth-order valence-electron chi connectivity index (χ4n) is 3.89. The van der Waals surface area contributed by atoms with Crippen molar-refractivity contribution in [2.24, 2.45) is 0 Å². The lowest BCUT2D eigenvalue weighted by atomic mass is 10.1. The van der Waals surface area contributed by atoms with E-state index in [-0.39, 0.29) is 0 Å². The lowest BCUT2D eigenvalue weighted by Gasteiger charge is -2.30. The SMILES string of the molecule is O=S(=O)(Nc1ccccc1N1CCCCC1)c1ccc2c(c1)CCC2. The van der Waals surface area contributed by atoms with Crippen molar-refractivity contribution >= 4 is 21.4 Å². The normalized spacial score (nSPS) is 17.4. The van der Waals surface area contributed by atoms with Crippen LogP contribution in [0.5, 0.6) is 0 Å². The van der Waals surface area contributed by atoms with Gasteiger partial charge in [0.2, 0.25) is 0 Å². The Morgan fingerprint density at radius 2 is 1.60 bits per heavy atom. The van der Waals surface area contributed by atoms with E-state index < -0.39 is 10.0 Å². The molecule has 0 aromatic heterocycles. The van der Waals surface area contributed by atoms with Gasteiger partial charge in [-0.05, 0) is 73.9 Å². The molecule has 0 amide bonds. The number of sulfonamides is 1. The second-order valence-corrected chi connectivity index (χ2v) is 8.64. The largest absolute Gasteiger partial charge is 0.370 e. The molecule has 0 spiro atoms. The van der Waals surface area contributed by atoms with Crippen molar-refractivity contribution in [3.63, 3.8) is 0 Å². The lowest BCUT2D eigenvalue weighted by Crippen LogP contribution is -2.30. The van der Waals surface area contributed by atoms with Gasteiger partial charge in [0.15, 0.2) is 0 Å². The van der Waals surface area contributed by atoms with Crippen molar-refractivity contribution in [2.75, 3.05) is 22.7 Å². The van der Waals surface area contributed by atoms with Gasteiger partial charge in [-0.3, -0.25) is 4.72 Å². The van der Waals surface area contributed by atoms with E-state index in [1.54, 1.807) is 6.07 Å². The Bertz CT molecular complexity index is 871. The molecule has 1 fully saturated rings.